The van der Waals surface area contributed by atoms with E-state index in [1.807, 2.05) is 36.4 Å². The molecule has 2 aromatic heterocycles. The van der Waals surface area contributed by atoms with Crippen LogP contribution in [0.3, 0.4) is 0 Å². The molecule has 0 amide bonds. The highest BCUT2D eigenvalue weighted by atomic mass is 32.2. The van der Waals surface area contributed by atoms with Gasteiger partial charge in [0.2, 0.25) is 5.89 Å². The molecule has 0 atom stereocenters. The van der Waals surface area contributed by atoms with Crippen LogP contribution in [0.5, 0.6) is 0 Å². The molecular formula is C29H24F3N3O3S. The molecule has 0 aliphatic heterocycles. The number of esters is 1. The summed E-state index contributed by atoms with van der Waals surface area (Å²) in [5.41, 5.74) is 3.46. The molecule has 0 aliphatic carbocycles. The number of carbonyl (C=O) groups is 1. The molecule has 3 aromatic carbocycles. The second-order valence-electron chi connectivity index (χ2n) is 8.78. The van der Waals surface area contributed by atoms with Crippen molar-refractivity contribution >= 4 is 28.8 Å². The van der Waals surface area contributed by atoms with Crippen molar-refractivity contribution in [1.82, 2.24) is 14.5 Å². The minimum absolute atomic E-state index is 0.258. The van der Waals surface area contributed by atoms with Gasteiger partial charge in [0.1, 0.15) is 5.76 Å². The van der Waals surface area contributed by atoms with Gasteiger partial charge in [0.15, 0.2) is 5.16 Å². The number of benzene rings is 3. The average Bonchev–Trinajstić information content (AvgIpc) is 3.47. The third-order valence-corrected chi connectivity index (χ3v) is 7.09. The Kier molecular flexibility index (Phi) is 7.47. The lowest BCUT2D eigenvalue weighted by Gasteiger charge is -2.09. The van der Waals surface area contributed by atoms with Crippen LogP contribution in [0.1, 0.15) is 39.9 Å². The first-order chi connectivity index (χ1) is 18.7. The Morgan fingerprint density at radius 2 is 1.77 bits per heavy atom. The Morgan fingerprint density at radius 1 is 1.03 bits per heavy atom. The first-order valence-electron chi connectivity index (χ1n) is 12.2. The molecule has 200 valence electrons. The van der Waals surface area contributed by atoms with Crippen LogP contribution in [-0.4, -0.2) is 27.1 Å². The number of aromatic nitrogens is 3. The zero-order chi connectivity index (χ0) is 27.6. The molecule has 0 unspecified atom stereocenters. The zero-order valence-corrected chi connectivity index (χ0v) is 22.0. The fourth-order valence-electron chi connectivity index (χ4n) is 4.10. The Bertz CT molecular complexity index is 1610. The number of halogens is 3. The summed E-state index contributed by atoms with van der Waals surface area (Å²) in [7, 11) is 0. The SMILES string of the molecule is CCOC(=O)c1ccc2c(c1)nc(SCc1nc(-c3ccc(C(F)(F)F)cc3)oc1C)n2Cc1ccccc1. The van der Waals surface area contributed by atoms with Crippen LogP contribution >= 0.6 is 11.8 Å². The average molecular weight is 552 g/mol. The highest BCUT2D eigenvalue weighted by Crippen LogP contribution is 2.33. The van der Waals surface area contributed by atoms with E-state index in [-0.39, 0.29) is 12.5 Å². The van der Waals surface area contributed by atoms with Gasteiger partial charge in [-0.3, -0.25) is 0 Å². The monoisotopic (exact) mass is 551 g/mol. The minimum Gasteiger partial charge on any atom is -0.462 e. The third-order valence-electron chi connectivity index (χ3n) is 6.10. The number of fused-ring (bicyclic) bond motifs is 1. The van der Waals surface area contributed by atoms with Crippen LogP contribution in [0.2, 0.25) is 0 Å². The molecular weight excluding hydrogens is 527 g/mol. The summed E-state index contributed by atoms with van der Waals surface area (Å²) in [6, 6.07) is 20.0. The van der Waals surface area contributed by atoms with Gasteiger partial charge in [0.25, 0.3) is 0 Å². The number of nitrogens with zero attached hydrogens (tertiary/aromatic N) is 3. The Balaban J connectivity index is 1.43. The lowest BCUT2D eigenvalue weighted by atomic mass is 10.1. The van der Waals surface area contributed by atoms with Crippen molar-refractivity contribution in [2.45, 2.75) is 37.5 Å². The van der Waals surface area contributed by atoms with E-state index in [1.165, 1.54) is 23.9 Å². The van der Waals surface area contributed by atoms with Gasteiger partial charge in [-0.1, -0.05) is 42.1 Å². The molecule has 0 fully saturated rings. The van der Waals surface area contributed by atoms with E-state index in [0.717, 1.165) is 28.4 Å². The standard InChI is InChI=1S/C29H24F3N3O3S/c1-3-37-27(36)21-11-14-25-23(15-21)34-28(35(25)16-19-7-5-4-6-8-19)39-17-24-18(2)38-26(33-24)20-9-12-22(13-10-20)29(30,31)32/h4-15H,3,16-17H2,1-2H3. The molecule has 0 bridgehead atoms. The zero-order valence-electron chi connectivity index (χ0n) is 21.2. The molecule has 10 heteroatoms. The molecule has 2 heterocycles. The number of imidazole rings is 1. The van der Waals surface area contributed by atoms with Gasteiger partial charge in [-0.15, -0.1) is 0 Å². The highest BCUT2D eigenvalue weighted by molar-refractivity contribution is 7.98. The summed E-state index contributed by atoms with van der Waals surface area (Å²) in [6.45, 7) is 4.39. The number of thioether (sulfide) groups is 1. The lowest BCUT2D eigenvalue weighted by molar-refractivity contribution is -0.137. The summed E-state index contributed by atoms with van der Waals surface area (Å²) >= 11 is 1.46. The molecule has 5 rings (SSSR count). The summed E-state index contributed by atoms with van der Waals surface area (Å²) in [6.07, 6.45) is -4.41. The largest absolute Gasteiger partial charge is 0.462 e. The van der Waals surface area contributed by atoms with Gasteiger partial charge in [0, 0.05) is 11.3 Å². The fourth-order valence-corrected chi connectivity index (χ4v) is 5.11. The van der Waals surface area contributed by atoms with Gasteiger partial charge >= 0.3 is 12.1 Å². The molecule has 0 N–H and O–H groups in total. The second-order valence-corrected chi connectivity index (χ2v) is 9.72. The van der Waals surface area contributed by atoms with Crippen LogP contribution in [0.25, 0.3) is 22.5 Å². The van der Waals surface area contributed by atoms with Gasteiger partial charge in [-0.05, 0) is 61.9 Å². The normalized spacial score (nSPS) is 11.7. The van der Waals surface area contributed by atoms with Gasteiger partial charge in [0.05, 0.1) is 41.0 Å². The van der Waals surface area contributed by atoms with Crippen molar-refractivity contribution in [3.63, 3.8) is 0 Å². The third kappa shape index (κ3) is 5.85. The van der Waals surface area contributed by atoms with Crippen molar-refractivity contribution < 1.29 is 27.1 Å². The van der Waals surface area contributed by atoms with E-state index in [9.17, 15) is 18.0 Å². The maximum atomic E-state index is 12.9. The summed E-state index contributed by atoms with van der Waals surface area (Å²) in [5.74, 6) is 0.861. The van der Waals surface area contributed by atoms with E-state index in [1.54, 1.807) is 26.0 Å². The number of rotatable bonds is 8. The summed E-state index contributed by atoms with van der Waals surface area (Å²) in [5, 5.41) is 0.730. The fraction of sp³-hybridized carbons (Fsp3) is 0.207. The quantitative estimate of drug-likeness (QED) is 0.147. The minimum atomic E-state index is -4.41. The first kappa shape index (κ1) is 26.6. The van der Waals surface area contributed by atoms with E-state index in [4.69, 9.17) is 14.1 Å². The molecule has 0 saturated carbocycles. The maximum absolute atomic E-state index is 12.9. The molecule has 0 saturated heterocycles. The Hall–Kier alpha value is -4.05. The molecule has 0 aliphatic rings. The van der Waals surface area contributed by atoms with Gasteiger partial charge in [-0.25, -0.2) is 14.8 Å². The number of carbonyl (C=O) groups excluding carboxylic acids is 1. The Morgan fingerprint density at radius 3 is 2.46 bits per heavy atom. The summed E-state index contributed by atoms with van der Waals surface area (Å²) < 4.78 is 51.8. The number of aryl methyl sites for hydroxylation is 1. The van der Waals surface area contributed by atoms with E-state index >= 15 is 0 Å². The number of oxazole rings is 1. The second kappa shape index (κ2) is 11.0. The maximum Gasteiger partial charge on any atom is 0.416 e. The van der Waals surface area contributed by atoms with Gasteiger partial charge < -0.3 is 13.7 Å². The number of hydrogen-bond donors (Lipinski definition) is 0. The molecule has 39 heavy (non-hydrogen) atoms. The van der Waals surface area contributed by atoms with E-state index < -0.39 is 17.7 Å². The molecule has 5 aromatic rings. The Labute approximate surface area is 226 Å². The van der Waals surface area contributed by atoms with E-state index in [0.29, 0.717) is 40.4 Å². The van der Waals surface area contributed by atoms with Crippen LogP contribution in [0.15, 0.2) is 82.4 Å². The van der Waals surface area contributed by atoms with Crippen LogP contribution in [0.4, 0.5) is 13.2 Å². The van der Waals surface area contributed by atoms with Crippen LogP contribution in [0, 0.1) is 6.92 Å². The first-order valence-corrected chi connectivity index (χ1v) is 13.2. The molecule has 0 radical (unpaired) electrons. The van der Waals surface area contributed by atoms with E-state index in [2.05, 4.69) is 9.55 Å². The van der Waals surface area contributed by atoms with Crippen molar-refractivity contribution in [3.8, 4) is 11.5 Å². The topological polar surface area (TPSA) is 70.2 Å². The highest BCUT2D eigenvalue weighted by Gasteiger charge is 2.30. The number of hydrogen-bond acceptors (Lipinski definition) is 6. The van der Waals surface area contributed by atoms with Gasteiger partial charge in [-0.2, -0.15) is 13.2 Å². The predicted molar refractivity (Wildman–Crippen MR) is 142 cm³/mol. The lowest BCUT2D eigenvalue weighted by Crippen LogP contribution is -2.05. The van der Waals surface area contributed by atoms with Crippen LogP contribution < -0.4 is 0 Å². The predicted octanol–water partition coefficient (Wildman–Crippen LogP) is 7.54. The molecule has 6 nitrogen and oxygen atoms in total. The summed E-state index contributed by atoms with van der Waals surface area (Å²) in [4.78, 5) is 21.6. The van der Waals surface area contributed by atoms with Crippen LogP contribution in [-0.2, 0) is 23.2 Å². The van der Waals surface area contributed by atoms with Crippen molar-refractivity contribution in [3.05, 3.63) is 101 Å². The van der Waals surface area contributed by atoms with Crippen molar-refractivity contribution in [2.24, 2.45) is 0 Å². The smallest absolute Gasteiger partial charge is 0.416 e. The van der Waals surface area contributed by atoms with Crippen molar-refractivity contribution in [1.29, 1.82) is 0 Å². The van der Waals surface area contributed by atoms with Crippen molar-refractivity contribution in [2.75, 3.05) is 6.61 Å². The number of ether oxygens (including phenoxy) is 1. The molecule has 0 spiro atoms. The number of alkyl halides is 3.